The molecule has 2 aromatic rings. The number of ether oxygens (including phenoxy) is 1. The highest BCUT2D eigenvalue weighted by atomic mass is 16.6. The molecule has 8 rings (SSSR count). The topological polar surface area (TPSA) is 41.8 Å². The molecule has 0 aromatic heterocycles. The number of fused-ring (bicyclic) bond motifs is 13. The van der Waals surface area contributed by atoms with Gasteiger partial charge in [-0.15, -0.1) is 0 Å². The molecule has 0 saturated heterocycles. The molecule has 9 atom stereocenters. The third-order valence-corrected chi connectivity index (χ3v) is 11.7. The number of aliphatic imine (C=N–C) groups is 1. The summed E-state index contributed by atoms with van der Waals surface area (Å²) in [5.41, 5.74) is 9.44. The van der Waals surface area contributed by atoms with Crippen molar-refractivity contribution in [1.29, 1.82) is 0 Å². The Morgan fingerprint density at radius 1 is 0.905 bits per heavy atom. The zero-order chi connectivity index (χ0) is 29.5. The molecule has 0 spiro atoms. The van der Waals surface area contributed by atoms with Crippen LogP contribution in [0.2, 0.25) is 0 Å². The van der Waals surface area contributed by atoms with Gasteiger partial charge in [0.2, 0.25) is 0 Å². The second-order valence-corrected chi connectivity index (χ2v) is 16.0. The first-order chi connectivity index (χ1) is 19.8. The van der Waals surface area contributed by atoms with Crippen molar-refractivity contribution in [3.05, 3.63) is 88.5 Å². The van der Waals surface area contributed by atoms with E-state index in [1.165, 1.54) is 44.2 Å². The van der Waals surface area contributed by atoms with Crippen LogP contribution in [0.15, 0.2) is 76.9 Å². The van der Waals surface area contributed by atoms with E-state index in [2.05, 4.69) is 109 Å². The van der Waals surface area contributed by atoms with Gasteiger partial charge in [-0.2, -0.15) is 0 Å². The van der Waals surface area contributed by atoms with Gasteiger partial charge in [-0.3, -0.25) is 4.99 Å². The molecular formula is C39H45NO2. The molecule has 218 valence electrons. The summed E-state index contributed by atoms with van der Waals surface area (Å²) in [5.74, 6) is 0.992. The molecule has 2 aromatic carbocycles. The molecule has 42 heavy (non-hydrogen) atoms. The van der Waals surface area contributed by atoms with Crippen molar-refractivity contribution in [3.8, 4) is 0 Å². The average molecular weight is 560 g/mol. The number of hydrogen-bond donors (Lipinski definition) is 1. The predicted octanol–water partition coefficient (Wildman–Crippen LogP) is 8.39. The number of hydrogen-bond acceptors (Lipinski definition) is 3. The molecule has 3 nitrogen and oxygen atoms in total. The summed E-state index contributed by atoms with van der Waals surface area (Å²) in [6.45, 7) is 16.1. The molecule has 0 radical (unpaired) electrons. The van der Waals surface area contributed by atoms with Crippen molar-refractivity contribution in [1.82, 2.24) is 0 Å². The monoisotopic (exact) mass is 559 g/mol. The lowest BCUT2D eigenvalue weighted by atomic mass is 9.64. The molecule has 1 heterocycles. The van der Waals surface area contributed by atoms with Crippen LogP contribution < -0.4 is 0 Å². The molecule has 2 fully saturated rings. The smallest absolute Gasteiger partial charge is 0.180 e. The molecule has 0 amide bonds. The van der Waals surface area contributed by atoms with Crippen LogP contribution in [-0.4, -0.2) is 29.8 Å². The number of aliphatic hydroxyl groups is 1. The van der Waals surface area contributed by atoms with Gasteiger partial charge < -0.3 is 9.84 Å². The zero-order valence-corrected chi connectivity index (χ0v) is 26.4. The fourth-order valence-corrected chi connectivity index (χ4v) is 9.72. The largest absolute Gasteiger partial charge is 0.364 e. The van der Waals surface area contributed by atoms with Crippen molar-refractivity contribution in [2.45, 2.75) is 78.0 Å². The van der Waals surface area contributed by atoms with E-state index in [0.717, 1.165) is 12.1 Å². The van der Waals surface area contributed by atoms with Crippen LogP contribution in [0.4, 0.5) is 0 Å². The number of nitrogens with zero attached hydrogens (tertiary/aromatic N) is 1. The number of methoxy groups -OCH3 is 1. The molecule has 9 unspecified atom stereocenters. The van der Waals surface area contributed by atoms with Crippen LogP contribution in [0.5, 0.6) is 0 Å². The minimum Gasteiger partial charge on any atom is -0.364 e. The first-order valence-electron chi connectivity index (χ1n) is 16.1. The van der Waals surface area contributed by atoms with Crippen molar-refractivity contribution in [3.63, 3.8) is 0 Å². The third-order valence-electron chi connectivity index (χ3n) is 11.7. The molecule has 2 saturated carbocycles. The van der Waals surface area contributed by atoms with Gasteiger partial charge in [-0.05, 0) is 92.2 Å². The number of allylic oxidation sites excluding steroid dienone is 6. The Hall–Kier alpha value is -2.75. The van der Waals surface area contributed by atoms with Crippen LogP contribution in [0, 0.1) is 40.9 Å². The van der Waals surface area contributed by atoms with E-state index in [-0.39, 0.29) is 28.7 Å². The fourth-order valence-electron chi connectivity index (χ4n) is 9.72. The van der Waals surface area contributed by atoms with E-state index in [4.69, 9.17) is 9.73 Å². The highest BCUT2D eigenvalue weighted by Gasteiger charge is 2.71. The number of dihydropyridines is 1. The molecule has 6 aliphatic rings. The Morgan fingerprint density at radius 2 is 1.64 bits per heavy atom. The van der Waals surface area contributed by atoms with E-state index in [1.54, 1.807) is 7.11 Å². The first kappa shape index (κ1) is 26.8. The van der Waals surface area contributed by atoms with Crippen LogP contribution in [0.3, 0.4) is 0 Å². The highest BCUT2D eigenvalue weighted by molar-refractivity contribution is 6.11. The fraction of sp³-hybridized carbons (Fsp3) is 0.513. The van der Waals surface area contributed by atoms with Crippen LogP contribution in [0.25, 0.3) is 16.3 Å². The standard InChI is InChI=1S/C39H45NO2/c1-20-31-34(33-26-15-13-21-17-22(37(2,3)4)14-16-23(21)27(26)19-30(33)40-20)28-18-29(38(5,6)7)24-11-9-10-12-25(24)32(28)36-35(31)39(36,41)42-8/h9-18,21,23,26-27,30,33,35-36,41H,19H2,1-8H3. The van der Waals surface area contributed by atoms with Gasteiger partial charge in [0.15, 0.2) is 5.79 Å². The normalized spacial score (nSPS) is 37.7. The second-order valence-electron chi connectivity index (χ2n) is 16.0. The Morgan fingerprint density at radius 3 is 2.33 bits per heavy atom. The lowest BCUT2D eigenvalue weighted by molar-refractivity contribution is -0.113. The summed E-state index contributed by atoms with van der Waals surface area (Å²) in [4.78, 5) is 5.45. The summed E-state index contributed by atoms with van der Waals surface area (Å²) >= 11 is 0. The van der Waals surface area contributed by atoms with Crippen LogP contribution >= 0.6 is 0 Å². The van der Waals surface area contributed by atoms with Gasteiger partial charge in [-0.1, -0.05) is 96.2 Å². The minimum atomic E-state index is -1.19. The summed E-state index contributed by atoms with van der Waals surface area (Å²) < 4.78 is 5.96. The van der Waals surface area contributed by atoms with Crippen LogP contribution in [-0.2, 0) is 10.2 Å². The lowest BCUT2D eigenvalue weighted by Crippen LogP contribution is -2.33. The molecule has 5 aliphatic carbocycles. The van der Waals surface area contributed by atoms with Crippen molar-refractivity contribution >= 4 is 22.1 Å². The van der Waals surface area contributed by atoms with E-state index in [9.17, 15) is 5.11 Å². The van der Waals surface area contributed by atoms with E-state index >= 15 is 0 Å². The third kappa shape index (κ3) is 3.44. The van der Waals surface area contributed by atoms with Crippen molar-refractivity contribution in [2.24, 2.45) is 45.9 Å². The van der Waals surface area contributed by atoms with Crippen LogP contribution in [0.1, 0.15) is 77.5 Å². The van der Waals surface area contributed by atoms with Crippen molar-refractivity contribution in [2.75, 3.05) is 7.11 Å². The molecule has 3 heteroatoms. The Balaban J connectivity index is 1.34. The number of rotatable bonds is 1. The SMILES string of the molecule is COC1(O)C2C3=C(c4cc(C(C)(C)C)c5ccccc5c4C21)C1C(CC2C4C=CC(C(C)(C)C)=CC4C=CC21)N=C3C. The summed E-state index contributed by atoms with van der Waals surface area (Å²) in [5, 5.41) is 14.5. The van der Waals surface area contributed by atoms with Gasteiger partial charge in [-0.25, -0.2) is 0 Å². The van der Waals surface area contributed by atoms with Gasteiger partial charge in [0.25, 0.3) is 0 Å². The average Bonchev–Trinajstić information content (AvgIpc) is 3.38. The van der Waals surface area contributed by atoms with E-state index in [0.29, 0.717) is 29.6 Å². The molecular weight excluding hydrogens is 514 g/mol. The van der Waals surface area contributed by atoms with Gasteiger partial charge in [0.05, 0.1) is 17.9 Å². The maximum Gasteiger partial charge on any atom is 0.180 e. The molecule has 0 bridgehead atoms. The van der Waals surface area contributed by atoms with E-state index in [1.807, 2.05) is 0 Å². The van der Waals surface area contributed by atoms with Crippen molar-refractivity contribution < 1.29 is 9.84 Å². The highest BCUT2D eigenvalue weighted by Crippen LogP contribution is 2.70. The zero-order valence-electron chi connectivity index (χ0n) is 26.4. The summed E-state index contributed by atoms with van der Waals surface area (Å²) in [7, 11) is 1.67. The summed E-state index contributed by atoms with van der Waals surface area (Å²) in [6.07, 6.45) is 13.6. The summed E-state index contributed by atoms with van der Waals surface area (Å²) in [6, 6.07) is 11.6. The maximum absolute atomic E-state index is 12.0. The van der Waals surface area contributed by atoms with Gasteiger partial charge in [0, 0.05) is 24.7 Å². The first-order valence-corrected chi connectivity index (χ1v) is 16.1. The quantitative estimate of drug-likeness (QED) is 0.282. The Labute approximate surface area is 251 Å². The molecule has 1 aliphatic heterocycles. The van der Waals surface area contributed by atoms with Gasteiger partial charge >= 0.3 is 0 Å². The second kappa shape index (κ2) is 8.45. The number of benzene rings is 2. The van der Waals surface area contributed by atoms with E-state index < -0.39 is 5.79 Å². The Kier molecular flexibility index (Phi) is 5.40. The minimum absolute atomic E-state index is 0.00925. The maximum atomic E-state index is 12.0. The molecule has 1 N–H and O–H groups in total. The lowest BCUT2D eigenvalue weighted by Gasteiger charge is -2.40. The predicted molar refractivity (Wildman–Crippen MR) is 173 cm³/mol. The van der Waals surface area contributed by atoms with Gasteiger partial charge in [0.1, 0.15) is 0 Å². The Bertz CT molecular complexity index is 1690.